The van der Waals surface area contributed by atoms with Crippen LogP contribution in [-0.4, -0.2) is 51.5 Å². The van der Waals surface area contributed by atoms with E-state index in [1.54, 1.807) is 14.0 Å². The second kappa shape index (κ2) is 8.18. The molecule has 2 aromatic heterocycles. The van der Waals surface area contributed by atoms with Crippen molar-refractivity contribution >= 4 is 22.8 Å². The van der Waals surface area contributed by atoms with Crippen LogP contribution >= 0.6 is 0 Å². The normalized spacial score (nSPS) is 20.0. The molecule has 4 rings (SSSR count). The Hall–Kier alpha value is -2.97. The number of piperidine rings is 1. The van der Waals surface area contributed by atoms with Gasteiger partial charge in [-0.1, -0.05) is 6.07 Å². The second-order valence-electron chi connectivity index (χ2n) is 7.50. The average Bonchev–Trinajstić information content (AvgIpc) is 3.13. The molecule has 0 aliphatic carbocycles. The van der Waals surface area contributed by atoms with E-state index in [1.165, 1.54) is 6.33 Å². The minimum atomic E-state index is -0.108. The van der Waals surface area contributed by atoms with Gasteiger partial charge in [-0.05, 0) is 37.1 Å². The molecule has 8 heteroatoms. The lowest BCUT2D eigenvalue weighted by Crippen LogP contribution is -2.49. The summed E-state index contributed by atoms with van der Waals surface area (Å²) in [7, 11) is 1.64. The van der Waals surface area contributed by atoms with E-state index in [4.69, 9.17) is 10.5 Å². The lowest BCUT2D eigenvalue weighted by Gasteiger charge is -2.35. The molecule has 8 nitrogen and oxygen atoms in total. The number of nitrogens with two attached hydrogens (primary N) is 1. The predicted molar refractivity (Wildman–Crippen MR) is 111 cm³/mol. The van der Waals surface area contributed by atoms with Crippen LogP contribution in [0.5, 0.6) is 5.75 Å². The highest BCUT2D eigenvalue weighted by Crippen LogP contribution is 2.27. The summed E-state index contributed by atoms with van der Waals surface area (Å²) >= 11 is 0. The molecule has 0 unspecified atom stereocenters. The largest absolute Gasteiger partial charge is 0.497 e. The van der Waals surface area contributed by atoms with Gasteiger partial charge < -0.3 is 15.8 Å². The number of carbonyl (C=O) groups excluding carboxylic acids is 1. The molecule has 3 N–H and O–H groups in total. The first-order valence-electron chi connectivity index (χ1n) is 9.76. The monoisotopic (exact) mass is 394 g/mol. The molecule has 0 radical (unpaired) electrons. The summed E-state index contributed by atoms with van der Waals surface area (Å²) in [6, 6.07) is 9.71. The highest BCUT2D eigenvalue weighted by molar-refractivity contribution is 5.79. The standard InChI is InChI=1S/C21H26N6O2/c1-14(28)18-12-26(8-7-19(18)22)11-15-6-9-27-20(15)21(23-13-24-27)25-16-4-3-5-17(10-16)29-2/h3-6,9-10,13,18-19H,7-8,11-12,22H2,1-2H3,(H,23,24,25)/t18-,19+/m1/s1. The molecule has 152 valence electrons. The van der Waals surface area contributed by atoms with Gasteiger partial charge in [-0.25, -0.2) is 9.50 Å². The number of ketones is 1. The molecule has 2 atom stereocenters. The van der Waals surface area contributed by atoms with E-state index >= 15 is 0 Å². The molecular formula is C21H26N6O2. The van der Waals surface area contributed by atoms with Gasteiger partial charge in [0.2, 0.25) is 0 Å². The molecule has 1 aliphatic heterocycles. The predicted octanol–water partition coefficient (Wildman–Crippen LogP) is 2.22. The van der Waals surface area contributed by atoms with Crippen molar-refractivity contribution in [1.29, 1.82) is 0 Å². The fourth-order valence-electron chi connectivity index (χ4n) is 3.93. The summed E-state index contributed by atoms with van der Waals surface area (Å²) < 4.78 is 7.13. The minimum Gasteiger partial charge on any atom is -0.497 e. The van der Waals surface area contributed by atoms with Crippen molar-refractivity contribution in [2.24, 2.45) is 11.7 Å². The lowest BCUT2D eigenvalue weighted by atomic mass is 9.89. The quantitative estimate of drug-likeness (QED) is 0.661. The number of hydrogen-bond donors (Lipinski definition) is 2. The third kappa shape index (κ3) is 4.08. The molecule has 1 aromatic carbocycles. The molecule has 29 heavy (non-hydrogen) atoms. The molecule has 0 saturated carbocycles. The van der Waals surface area contributed by atoms with Crippen LogP contribution in [0.2, 0.25) is 0 Å². The van der Waals surface area contributed by atoms with Crippen LogP contribution in [0.15, 0.2) is 42.9 Å². The van der Waals surface area contributed by atoms with Crippen molar-refractivity contribution in [3.8, 4) is 5.75 Å². The van der Waals surface area contributed by atoms with E-state index in [-0.39, 0.29) is 17.7 Å². The van der Waals surface area contributed by atoms with Gasteiger partial charge in [0.05, 0.1) is 7.11 Å². The SMILES string of the molecule is COc1cccc(Nc2ncnn3ccc(CN4CC[C@H](N)[C@@H](C(C)=O)C4)c23)c1. The highest BCUT2D eigenvalue weighted by atomic mass is 16.5. The minimum absolute atomic E-state index is 0.0526. The van der Waals surface area contributed by atoms with E-state index in [2.05, 4.69) is 26.4 Å². The van der Waals surface area contributed by atoms with Gasteiger partial charge >= 0.3 is 0 Å². The summed E-state index contributed by atoms with van der Waals surface area (Å²) in [6.45, 7) is 3.90. The molecule has 0 spiro atoms. The van der Waals surface area contributed by atoms with Gasteiger partial charge in [-0.15, -0.1) is 0 Å². The number of Topliss-reactive ketones (excluding diaryl/α,β-unsaturated/α-hetero) is 1. The molecule has 3 aromatic rings. The Bertz CT molecular complexity index is 1020. The molecule has 0 amide bonds. The van der Waals surface area contributed by atoms with Crippen LogP contribution in [0, 0.1) is 5.92 Å². The van der Waals surface area contributed by atoms with Gasteiger partial charge in [0.1, 0.15) is 23.4 Å². The van der Waals surface area contributed by atoms with Crippen LogP contribution in [0.25, 0.3) is 5.52 Å². The van der Waals surface area contributed by atoms with Gasteiger partial charge in [0, 0.05) is 49.5 Å². The maximum Gasteiger partial charge on any atom is 0.158 e. The van der Waals surface area contributed by atoms with Crippen molar-refractivity contribution in [1.82, 2.24) is 19.5 Å². The van der Waals surface area contributed by atoms with E-state index in [9.17, 15) is 4.79 Å². The summed E-state index contributed by atoms with van der Waals surface area (Å²) in [5.41, 5.74) is 9.06. The first-order chi connectivity index (χ1) is 14.0. The van der Waals surface area contributed by atoms with Crippen molar-refractivity contribution in [2.75, 3.05) is 25.5 Å². The van der Waals surface area contributed by atoms with Crippen LogP contribution in [0.3, 0.4) is 0 Å². The summed E-state index contributed by atoms with van der Waals surface area (Å²) in [4.78, 5) is 18.7. The zero-order valence-corrected chi connectivity index (χ0v) is 16.7. The zero-order chi connectivity index (χ0) is 20.4. The van der Waals surface area contributed by atoms with E-state index in [0.29, 0.717) is 13.1 Å². The average molecular weight is 394 g/mol. The van der Waals surface area contributed by atoms with E-state index in [1.807, 2.05) is 35.0 Å². The van der Waals surface area contributed by atoms with E-state index in [0.717, 1.165) is 41.3 Å². The summed E-state index contributed by atoms with van der Waals surface area (Å²) in [6.07, 6.45) is 4.29. The Kier molecular flexibility index (Phi) is 5.46. The number of methoxy groups -OCH3 is 1. The van der Waals surface area contributed by atoms with Gasteiger partial charge in [0.25, 0.3) is 0 Å². The Morgan fingerprint density at radius 1 is 1.38 bits per heavy atom. The topological polar surface area (TPSA) is 97.8 Å². The van der Waals surface area contributed by atoms with Crippen molar-refractivity contribution < 1.29 is 9.53 Å². The van der Waals surface area contributed by atoms with Crippen LogP contribution < -0.4 is 15.8 Å². The summed E-state index contributed by atoms with van der Waals surface area (Å²) in [5, 5.41) is 7.71. The van der Waals surface area contributed by atoms with Gasteiger partial charge in [0.15, 0.2) is 5.82 Å². The number of anilines is 2. The van der Waals surface area contributed by atoms with Crippen LogP contribution in [0.4, 0.5) is 11.5 Å². The molecule has 1 saturated heterocycles. The van der Waals surface area contributed by atoms with Crippen molar-refractivity contribution in [2.45, 2.75) is 25.9 Å². The Balaban J connectivity index is 1.60. The Labute approximate surface area is 169 Å². The van der Waals surface area contributed by atoms with Crippen molar-refractivity contribution in [3.05, 3.63) is 48.4 Å². The van der Waals surface area contributed by atoms with Crippen LogP contribution in [-0.2, 0) is 11.3 Å². The third-order valence-electron chi connectivity index (χ3n) is 5.54. The number of ether oxygens (including phenoxy) is 1. The number of nitrogens with zero attached hydrogens (tertiary/aromatic N) is 4. The molecule has 3 heterocycles. The number of likely N-dealkylation sites (tertiary alicyclic amines) is 1. The fourth-order valence-corrected chi connectivity index (χ4v) is 3.93. The highest BCUT2D eigenvalue weighted by Gasteiger charge is 2.30. The molecule has 0 bridgehead atoms. The number of rotatable bonds is 6. The molecule has 1 fully saturated rings. The number of aromatic nitrogens is 3. The lowest BCUT2D eigenvalue weighted by molar-refractivity contribution is -0.123. The number of benzene rings is 1. The number of fused-ring (bicyclic) bond motifs is 1. The Morgan fingerprint density at radius 2 is 2.24 bits per heavy atom. The molecular weight excluding hydrogens is 368 g/mol. The second-order valence-corrected chi connectivity index (χ2v) is 7.50. The number of hydrogen-bond acceptors (Lipinski definition) is 7. The summed E-state index contributed by atoms with van der Waals surface area (Å²) in [5.74, 6) is 1.55. The smallest absolute Gasteiger partial charge is 0.158 e. The Morgan fingerprint density at radius 3 is 3.03 bits per heavy atom. The van der Waals surface area contributed by atoms with Crippen molar-refractivity contribution in [3.63, 3.8) is 0 Å². The number of nitrogens with one attached hydrogen (secondary N) is 1. The maximum atomic E-state index is 11.9. The fraction of sp³-hybridized carbons (Fsp3) is 0.381. The third-order valence-corrected chi connectivity index (χ3v) is 5.54. The van der Waals surface area contributed by atoms with Gasteiger partial charge in [-0.2, -0.15) is 5.10 Å². The first kappa shape index (κ1) is 19.4. The van der Waals surface area contributed by atoms with E-state index < -0.39 is 0 Å². The zero-order valence-electron chi connectivity index (χ0n) is 16.7. The van der Waals surface area contributed by atoms with Crippen LogP contribution in [0.1, 0.15) is 18.9 Å². The maximum absolute atomic E-state index is 11.9. The number of carbonyl (C=O) groups is 1. The first-order valence-corrected chi connectivity index (χ1v) is 9.76. The van der Waals surface area contributed by atoms with Gasteiger partial charge in [-0.3, -0.25) is 9.69 Å². The molecule has 1 aliphatic rings.